The highest BCUT2D eigenvalue weighted by atomic mass is 32.1. The molecule has 0 N–H and O–H groups in total. The third-order valence-electron chi connectivity index (χ3n) is 0.644. The molecule has 0 aliphatic rings. The number of thiophene rings is 1. The fourth-order valence-corrected chi connectivity index (χ4v) is 0.847. The summed E-state index contributed by atoms with van der Waals surface area (Å²) in [7, 11) is 0. The first-order chi connectivity index (χ1) is 3.43. The van der Waals surface area contributed by atoms with Crippen molar-refractivity contribution in [2.75, 3.05) is 0 Å². The van der Waals surface area contributed by atoms with Crippen LogP contribution in [0.15, 0.2) is 11.4 Å². The molecule has 0 atom stereocenters. The summed E-state index contributed by atoms with van der Waals surface area (Å²) in [4.78, 5) is 0.681. The van der Waals surface area contributed by atoms with Crippen molar-refractivity contribution in [1.82, 2.24) is 0 Å². The fourth-order valence-electron chi connectivity index (χ4n) is 0.347. The second-order valence-corrected chi connectivity index (χ2v) is 2.12. The molecule has 7 heavy (non-hydrogen) atoms. The summed E-state index contributed by atoms with van der Waals surface area (Å²) < 4.78 is 11.5. The molecule has 1 aromatic rings. The molecule has 1 radical (unpaired) electrons. The van der Waals surface area contributed by atoms with E-state index in [9.17, 15) is 4.39 Å². The first kappa shape index (κ1) is 4.78. The van der Waals surface area contributed by atoms with Gasteiger partial charge in [0.25, 0.3) is 0 Å². The number of rotatable bonds is 1. The van der Waals surface area contributed by atoms with Crippen LogP contribution in [0.4, 0.5) is 4.39 Å². The molecule has 37 valence electrons. The molecule has 0 nitrogen and oxygen atoms in total. The average Bonchev–Trinajstić information content (AvgIpc) is 2.14. The maximum atomic E-state index is 11.5. The van der Waals surface area contributed by atoms with Crippen LogP contribution in [0, 0.1) is 6.07 Å². The van der Waals surface area contributed by atoms with E-state index in [0.29, 0.717) is 4.88 Å². The van der Waals surface area contributed by atoms with E-state index in [1.807, 2.05) is 5.38 Å². The van der Waals surface area contributed by atoms with Crippen LogP contribution in [0.1, 0.15) is 4.88 Å². The number of halogens is 1. The van der Waals surface area contributed by atoms with Crippen LogP contribution in [0.3, 0.4) is 0 Å². The van der Waals surface area contributed by atoms with E-state index >= 15 is 0 Å². The minimum Gasteiger partial charge on any atom is -0.245 e. The second kappa shape index (κ2) is 2.07. The van der Waals surface area contributed by atoms with Crippen molar-refractivity contribution < 1.29 is 4.39 Å². The van der Waals surface area contributed by atoms with Crippen molar-refractivity contribution in [1.29, 1.82) is 0 Å². The highest BCUT2D eigenvalue weighted by molar-refractivity contribution is 7.09. The average molecular weight is 115 g/mol. The summed E-state index contributed by atoms with van der Waals surface area (Å²) in [6.45, 7) is -0.377. The highest BCUT2D eigenvalue weighted by Gasteiger charge is 1.86. The topological polar surface area (TPSA) is 0 Å². The quantitative estimate of drug-likeness (QED) is 0.525. The summed E-state index contributed by atoms with van der Waals surface area (Å²) in [6, 6.07) is 4.45. The van der Waals surface area contributed by atoms with E-state index in [4.69, 9.17) is 0 Å². The molecule has 1 heterocycles. The van der Waals surface area contributed by atoms with Gasteiger partial charge in [-0.3, -0.25) is 0 Å². The number of hydrogen-bond donors (Lipinski definition) is 0. The molecule has 2 heteroatoms. The monoisotopic (exact) mass is 115 g/mol. The lowest BCUT2D eigenvalue weighted by Crippen LogP contribution is -1.61. The van der Waals surface area contributed by atoms with Gasteiger partial charge in [-0.1, -0.05) is 0 Å². The predicted molar refractivity (Wildman–Crippen MR) is 28.0 cm³/mol. The molecule has 0 aliphatic heterocycles. The SMILES string of the molecule is FCc1[c]ccs1. The zero-order valence-electron chi connectivity index (χ0n) is 3.65. The molecule has 0 spiro atoms. The van der Waals surface area contributed by atoms with Gasteiger partial charge in [0.1, 0.15) is 6.67 Å². The molecule has 0 saturated heterocycles. The highest BCUT2D eigenvalue weighted by Crippen LogP contribution is 2.07. The molecule has 0 aliphatic carbocycles. The molecule has 0 fully saturated rings. The normalized spacial score (nSPS) is 9.29. The maximum Gasteiger partial charge on any atom is 0.124 e. The summed E-state index contributed by atoms with van der Waals surface area (Å²) >= 11 is 1.39. The predicted octanol–water partition coefficient (Wildman–Crippen LogP) is 2.02. The van der Waals surface area contributed by atoms with E-state index < -0.39 is 0 Å². The molecule has 1 aromatic heterocycles. The summed E-state index contributed by atoms with van der Waals surface area (Å²) in [5, 5.41) is 1.81. The van der Waals surface area contributed by atoms with Crippen molar-refractivity contribution in [2.45, 2.75) is 6.67 Å². The van der Waals surface area contributed by atoms with Crippen LogP contribution in [0.5, 0.6) is 0 Å². The zero-order chi connectivity index (χ0) is 5.11. The van der Waals surface area contributed by atoms with Crippen LogP contribution in [0.25, 0.3) is 0 Å². The Labute approximate surface area is 45.6 Å². The molecular formula is C5H4FS. The van der Waals surface area contributed by atoms with Crippen molar-refractivity contribution >= 4 is 11.3 Å². The fraction of sp³-hybridized carbons (Fsp3) is 0.200. The van der Waals surface area contributed by atoms with Gasteiger partial charge < -0.3 is 0 Å². The molecular weight excluding hydrogens is 111 g/mol. The lowest BCUT2D eigenvalue weighted by Gasteiger charge is -1.74. The first-order valence-electron chi connectivity index (χ1n) is 1.93. The minimum atomic E-state index is -0.377. The zero-order valence-corrected chi connectivity index (χ0v) is 4.46. The van der Waals surface area contributed by atoms with Crippen LogP contribution in [-0.4, -0.2) is 0 Å². The van der Waals surface area contributed by atoms with Crippen LogP contribution in [0.2, 0.25) is 0 Å². The Hall–Kier alpha value is -0.370. The van der Waals surface area contributed by atoms with E-state index in [1.54, 1.807) is 6.07 Å². The maximum absolute atomic E-state index is 11.5. The van der Waals surface area contributed by atoms with Gasteiger partial charge in [-0.15, -0.1) is 11.3 Å². The van der Waals surface area contributed by atoms with Gasteiger partial charge >= 0.3 is 0 Å². The van der Waals surface area contributed by atoms with Gasteiger partial charge in [0.15, 0.2) is 0 Å². The standard InChI is InChI=1S/C5H4FS/c6-4-5-2-1-3-7-5/h1,3H,4H2. The van der Waals surface area contributed by atoms with E-state index in [2.05, 4.69) is 6.07 Å². The molecule has 0 aromatic carbocycles. The molecule has 0 saturated carbocycles. The van der Waals surface area contributed by atoms with Crippen LogP contribution in [-0.2, 0) is 6.67 Å². The first-order valence-corrected chi connectivity index (χ1v) is 2.81. The third-order valence-corrected chi connectivity index (χ3v) is 1.43. The minimum absolute atomic E-state index is 0.377. The van der Waals surface area contributed by atoms with Gasteiger partial charge in [-0.25, -0.2) is 4.39 Å². The summed E-state index contributed by atoms with van der Waals surface area (Å²) in [5.74, 6) is 0. The number of hydrogen-bond acceptors (Lipinski definition) is 1. The van der Waals surface area contributed by atoms with E-state index in [0.717, 1.165) is 0 Å². The van der Waals surface area contributed by atoms with Gasteiger partial charge in [-0.05, 0) is 17.5 Å². The third kappa shape index (κ3) is 0.996. The second-order valence-electron chi connectivity index (χ2n) is 1.12. The van der Waals surface area contributed by atoms with Crippen LogP contribution < -0.4 is 0 Å². The lowest BCUT2D eigenvalue weighted by atomic mass is 10.5. The van der Waals surface area contributed by atoms with E-state index in [-0.39, 0.29) is 6.67 Å². The molecule has 0 amide bonds. The van der Waals surface area contributed by atoms with Gasteiger partial charge in [0, 0.05) is 4.88 Å². The lowest BCUT2D eigenvalue weighted by molar-refractivity contribution is 0.491. The molecule has 0 unspecified atom stereocenters. The Morgan fingerprint density at radius 2 is 2.71 bits per heavy atom. The van der Waals surface area contributed by atoms with Crippen molar-refractivity contribution in [3.8, 4) is 0 Å². The Kier molecular flexibility index (Phi) is 1.42. The Bertz CT molecular complexity index is 123. The van der Waals surface area contributed by atoms with Crippen LogP contribution >= 0.6 is 11.3 Å². The Balaban J connectivity index is 2.76. The van der Waals surface area contributed by atoms with E-state index in [1.165, 1.54) is 11.3 Å². The summed E-state index contributed by atoms with van der Waals surface area (Å²) in [6.07, 6.45) is 0. The van der Waals surface area contributed by atoms with Gasteiger partial charge in [0.05, 0.1) is 0 Å². The Morgan fingerprint density at radius 3 is 3.00 bits per heavy atom. The van der Waals surface area contributed by atoms with Crippen molar-refractivity contribution in [3.05, 3.63) is 22.4 Å². The molecule has 0 bridgehead atoms. The largest absolute Gasteiger partial charge is 0.245 e. The molecule has 1 rings (SSSR count). The number of alkyl halides is 1. The van der Waals surface area contributed by atoms with Crippen molar-refractivity contribution in [3.63, 3.8) is 0 Å². The Morgan fingerprint density at radius 1 is 1.86 bits per heavy atom. The summed E-state index contributed by atoms with van der Waals surface area (Å²) in [5.41, 5.74) is 0. The van der Waals surface area contributed by atoms with Gasteiger partial charge in [0.2, 0.25) is 0 Å². The van der Waals surface area contributed by atoms with Gasteiger partial charge in [-0.2, -0.15) is 0 Å². The smallest absolute Gasteiger partial charge is 0.124 e. The van der Waals surface area contributed by atoms with Crippen molar-refractivity contribution in [2.24, 2.45) is 0 Å².